The summed E-state index contributed by atoms with van der Waals surface area (Å²) in [5, 5.41) is 0. The summed E-state index contributed by atoms with van der Waals surface area (Å²) in [6, 6.07) is 0. The van der Waals surface area contributed by atoms with Crippen LogP contribution < -0.4 is 5.73 Å². The minimum absolute atomic E-state index is 0.260. The third kappa shape index (κ3) is 3.32. The fraction of sp³-hybridized carbons (Fsp3) is 1.00. The number of likely N-dealkylation sites (tertiary alicyclic amines) is 2. The van der Waals surface area contributed by atoms with Gasteiger partial charge >= 0.3 is 0 Å². The quantitative estimate of drug-likeness (QED) is 0.832. The fourth-order valence-electron chi connectivity index (χ4n) is 4.11. The Morgan fingerprint density at radius 2 is 1.79 bits per heavy atom. The molecule has 0 amide bonds. The van der Waals surface area contributed by atoms with Crippen LogP contribution >= 0.6 is 0 Å². The number of nitrogens with two attached hydrogens (primary N) is 1. The summed E-state index contributed by atoms with van der Waals surface area (Å²) < 4.78 is 0. The van der Waals surface area contributed by atoms with Crippen molar-refractivity contribution in [2.75, 3.05) is 39.8 Å². The first kappa shape index (κ1) is 15.3. The molecular weight excluding hydrogens is 234 g/mol. The van der Waals surface area contributed by atoms with Crippen LogP contribution in [0.4, 0.5) is 0 Å². The minimum Gasteiger partial charge on any atom is -0.329 e. The SMILES string of the molecule is CN1CCCC(CN)(N2CCC(C(C)(C)C)CC2)C1. The van der Waals surface area contributed by atoms with Crippen molar-refractivity contribution in [2.45, 2.75) is 52.0 Å². The molecular formula is C16H33N3. The fourth-order valence-corrected chi connectivity index (χ4v) is 4.11. The van der Waals surface area contributed by atoms with Crippen LogP contribution in [-0.2, 0) is 0 Å². The molecule has 2 rings (SSSR count). The number of rotatable bonds is 2. The van der Waals surface area contributed by atoms with E-state index in [0.717, 1.165) is 19.0 Å². The lowest BCUT2D eigenvalue weighted by molar-refractivity contribution is -0.0104. The number of piperidine rings is 2. The summed E-state index contributed by atoms with van der Waals surface area (Å²) in [5.74, 6) is 0.875. The second-order valence-corrected chi connectivity index (χ2v) is 7.90. The van der Waals surface area contributed by atoms with Crippen molar-refractivity contribution in [3.63, 3.8) is 0 Å². The highest BCUT2D eigenvalue weighted by Gasteiger charge is 2.41. The van der Waals surface area contributed by atoms with Crippen molar-refractivity contribution in [1.82, 2.24) is 9.80 Å². The molecule has 1 atom stereocenters. The molecule has 0 aliphatic carbocycles. The summed E-state index contributed by atoms with van der Waals surface area (Å²) in [6.07, 6.45) is 5.27. The molecule has 3 nitrogen and oxygen atoms in total. The molecule has 0 aromatic rings. The molecule has 2 aliphatic rings. The average Bonchev–Trinajstić information content (AvgIpc) is 2.38. The Labute approximate surface area is 119 Å². The van der Waals surface area contributed by atoms with Gasteiger partial charge in [-0.25, -0.2) is 0 Å². The van der Waals surface area contributed by atoms with Gasteiger partial charge < -0.3 is 10.6 Å². The van der Waals surface area contributed by atoms with E-state index < -0.39 is 0 Å². The van der Waals surface area contributed by atoms with E-state index in [2.05, 4.69) is 37.6 Å². The van der Waals surface area contributed by atoms with E-state index in [1.54, 1.807) is 0 Å². The number of hydrogen-bond donors (Lipinski definition) is 1. The first-order valence-corrected chi connectivity index (χ1v) is 8.01. The lowest BCUT2D eigenvalue weighted by Crippen LogP contribution is -2.63. The van der Waals surface area contributed by atoms with Crippen LogP contribution in [0.3, 0.4) is 0 Å². The number of hydrogen-bond acceptors (Lipinski definition) is 3. The van der Waals surface area contributed by atoms with Crippen LogP contribution in [0.5, 0.6) is 0 Å². The predicted molar refractivity (Wildman–Crippen MR) is 82.3 cm³/mol. The second kappa shape index (κ2) is 5.71. The molecule has 19 heavy (non-hydrogen) atoms. The maximum absolute atomic E-state index is 6.18. The molecule has 2 fully saturated rings. The standard InChI is InChI=1S/C16H33N3/c1-15(2,3)14-6-10-19(11-7-14)16(12-17)8-5-9-18(4)13-16/h14H,5-13,17H2,1-4H3. The van der Waals surface area contributed by atoms with Crippen LogP contribution in [0.2, 0.25) is 0 Å². The maximum atomic E-state index is 6.18. The molecule has 2 N–H and O–H groups in total. The molecule has 112 valence electrons. The summed E-state index contributed by atoms with van der Waals surface area (Å²) >= 11 is 0. The topological polar surface area (TPSA) is 32.5 Å². The molecule has 0 aromatic heterocycles. The molecule has 0 spiro atoms. The summed E-state index contributed by atoms with van der Waals surface area (Å²) in [7, 11) is 2.24. The van der Waals surface area contributed by atoms with E-state index in [0.29, 0.717) is 5.41 Å². The van der Waals surface area contributed by atoms with Gasteiger partial charge in [0, 0.05) is 18.6 Å². The lowest BCUT2D eigenvalue weighted by atomic mass is 9.74. The largest absolute Gasteiger partial charge is 0.329 e. The smallest absolute Gasteiger partial charge is 0.0458 e. The third-order valence-corrected chi connectivity index (χ3v) is 5.52. The third-order valence-electron chi connectivity index (χ3n) is 5.52. The second-order valence-electron chi connectivity index (χ2n) is 7.90. The Morgan fingerprint density at radius 3 is 2.26 bits per heavy atom. The van der Waals surface area contributed by atoms with Gasteiger partial charge in [-0.2, -0.15) is 0 Å². The monoisotopic (exact) mass is 267 g/mol. The van der Waals surface area contributed by atoms with Crippen LogP contribution in [-0.4, -0.2) is 55.1 Å². The molecule has 0 aromatic carbocycles. The number of nitrogens with zero attached hydrogens (tertiary/aromatic N) is 2. The van der Waals surface area contributed by atoms with Gasteiger partial charge in [0.2, 0.25) is 0 Å². The molecule has 2 aliphatic heterocycles. The van der Waals surface area contributed by atoms with E-state index in [4.69, 9.17) is 5.73 Å². The molecule has 0 saturated carbocycles. The van der Waals surface area contributed by atoms with Crippen LogP contribution in [0.25, 0.3) is 0 Å². The average molecular weight is 267 g/mol. The summed E-state index contributed by atoms with van der Waals surface area (Å²) in [4.78, 5) is 5.18. The zero-order chi connectivity index (χ0) is 14.1. The van der Waals surface area contributed by atoms with Gasteiger partial charge in [0.05, 0.1) is 0 Å². The predicted octanol–water partition coefficient (Wildman–Crippen LogP) is 2.17. The van der Waals surface area contributed by atoms with E-state index in [-0.39, 0.29) is 5.54 Å². The van der Waals surface area contributed by atoms with Gasteiger partial charge in [0.15, 0.2) is 0 Å². The minimum atomic E-state index is 0.260. The Hall–Kier alpha value is -0.120. The van der Waals surface area contributed by atoms with Crippen molar-refractivity contribution < 1.29 is 0 Å². The molecule has 2 saturated heterocycles. The van der Waals surface area contributed by atoms with E-state index >= 15 is 0 Å². The first-order valence-electron chi connectivity index (χ1n) is 8.01. The van der Waals surface area contributed by atoms with Crippen LogP contribution in [0.15, 0.2) is 0 Å². The number of likely N-dealkylation sites (N-methyl/N-ethyl adjacent to an activating group) is 1. The lowest BCUT2D eigenvalue weighted by Gasteiger charge is -2.52. The van der Waals surface area contributed by atoms with Gasteiger partial charge in [0.1, 0.15) is 0 Å². The molecule has 0 radical (unpaired) electrons. The van der Waals surface area contributed by atoms with E-state index in [1.165, 1.54) is 45.3 Å². The molecule has 0 bridgehead atoms. The maximum Gasteiger partial charge on any atom is 0.0458 e. The van der Waals surface area contributed by atoms with Gasteiger partial charge in [-0.3, -0.25) is 4.90 Å². The molecule has 1 unspecified atom stereocenters. The van der Waals surface area contributed by atoms with Crippen molar-refractivity contribution in [3.05, 3.63) is 0 Å². The van der Waals surface area contributed by atoms with Gasteiger partial charge in [-0.1, -0.05) is 20.8 Å². The molecule has 2 heterocycles. The highest BCUT2D eigenvalue weighted by Crippen LogP contribution is 2.37. The van der Waals surface area contributed by atoms with Gasteiger partial charge in [0.25, 0.3) is 0 Å². The molecule has 3 heteroatoms. The van der Waals surface area contributed by atoms with E-state index in [9.17, 15) is 0 Å². The Morgan fingerprint density at radius 1 is 1.16 bits per heavy atom. The zero-order valence-electron chi connectivity index (χ0n) is 13.4. The van der Waals surface area contributed by atoms with Crippen LogP contribution in [0.1, 0.15) is 46.5 Å². The van der Waals surface area contributed by atoms with Crippen molar-refractivity contribution >= 4 is 0 Å². The van der Waals surface area contributed by atoms with Gasteiger partial charge in [-0.15, -0.1) is 0 Å². The Kier molecular flexibility index (Phi) is 4.59. The Bertz CT molecular complexity index is 289. The summed E-state index contributed by atoms with van der Waals surface area (Å²) in [6.45, 7) is 12.9. The highest BCUT2D eigenvalue weighted by molar-refractivity contribution is 4.99. The first-order chi connectivity index (χ1) is 8.87. The Balaban J connectivity index is 1.99. The normalized spacial score (nSPS) is 32.7. The van der Waals surface area contributed by atoms with Crippen LogP contribution in [0, 0.1) is 11.3 Å². The van der Waals surface area contributed by atoms with Crippen molar-refractivity contribution in [1.29, 1.82) is 0 Å². The summed E-state index contributed by atoms with van der Waals surface area (Å²) in [5.41, 5.74) is 6.91. The van der Waals surface area contributed by atoms with Gasteiger partial charge in [-0.05, 0) is 63.7 Å². The highest BCUT2D eigenvalue weighted by atomic mass is 15.3. The van der Waals surface area contributed by atoms with E-state index in [1.807, 2.05) is 0 Å². The van der Waals surface area contributed by atoms with Crippen molar-refractivity contribution in [2.24, 2.45) is 17.1 Å². The zero-order valence-corrected chi connectivity index (χ0v) is 13.4. The van der Waals surface area contributed by atoms with Crippen molar-refractivity contribution in [3.8, 4) is 0 Å².